The van der Waals surface area contributed by atoms with E-state index >= 15 is 0 Å². The van der Waals surface area contributed by atoms with Gasteiger partial charge in [0.1, 0.15) is 0 Å². The Morgan fingerprint density at radius 2 is 1.89 bits per heavy atom. The molecule has 1 aromatic rings. The third-order valence-corrected chi connectivity index (χ3v) is 3.06. The number of aliphatic hydroxyl groups is 1. The van der Waals surface area contributed by atoms with E-state index in [1.807, 2.05) is 0 Å². The minimum atomic E-state index is -1.68. The summed E-state index contributed by atoms with van der Waals surface area (Å²) in [5, 5.41) is 13.6. The molecule has 1 atom stereocenters. The lowest BCUT2D eigenvalue weighted by Gasteiger charge is -2.22. The Balaban J connectivity index is 2.84. The van der Waals surface area contributed by atoms with Crippen molar-refractivity contribution in [1.82, 2.24) is 0 Å². The van der Waals surface area contributed by atoms with Crippen LogP contribution < -0.4 is 5.32 Å². The Labute approximate surface area is 120 Å². The second kappa shape index (κ2) is 5.97. The summed E-state index contributed by atoms with van der Waals surface area (Å²) in [6.07, 6.45) is 0. The van der Waals surface area contributed by atoms with Crippen molar-refractivity contribution in [1.29, 1.82) is 0 Å². The van der Waals surface area contributed by atoms with Crippen molar-refractivity contribution in [3.05, 3.63) is 27.2 Å². The first-order valence-electron chi connectivity index (χ1n) is 4.97. The Bertz CT molecular complexity index is 440. The van der Waals surface area contributed by atoms with Crippen LogP contribution in [0.2, 0.25) is 15.1 Å². The van der Waals surface area contributed by atoms with Gasteiger partial charge in [-0.15, -0.1) is 0 Å². The van der Waals surface area contributed by atoms with Gasteiger partial charge in [-0.2, -0.15) is 0 Å². The Morgan fingerprint density at radius 3 is 2.33 bits per heavy atom. The molecule has 0 saturated carbocycles. The molecular weight excluding hydrogens is 300 g/mol. The summed E-state index contributed by atoms with van der Waals surface area (Å²) >= 11 is 17.7. The maximum atomic E-state index is 11.3. The van der Waals surface area contributed by atoms with Gasteiger partial charge in [0.2, 0.25) is 0 Å². The smallest absolute Gasteiger partial charge is 0.339 e. The number of anilines is 1. The number of rotatable bonds is 4. The average molecular weight is 313 g/mol. The van der Waals surface area contributed by atoms with Crippen LogP contribution in [0.25, 0.3) is 0 Å². The number of hydrogen-bond donors (Lipinski definition) is 2. The molecular formula is C11H12Cl3NO3. The summed E-state index contributed by atoms with van der Waals surface area (Å²) in [7, 11) is 1.19. The molecule has 100 valence electrons. The van der Waals surface area contributed by atoms with Crippen molar-refractivity contribution in [2.75, 3.05) is 19.0 Å². The molecule has 0 heterocycles. The largest absolute Gasteiger partial charge is 0.467 e. The first-order valence-corrected chi connectivity index (χ1v) is 6.10. The standard InChI is InChI=1S/C11H12Cl3NO3/c1-11(17,10(16)18-2)5-15-9-7(13)3-6(12)4-8(9)14/h3-4,15,17H,5H2,1-2H3. The van der Waals surface area contributed by atoms with Crippen LogP contribution in [0.15, 0.2) is 12.1 Å². The molecule has 0 aliphatic heterocycles. The summed E-state index contributed by atoms with van der Waals surface area (Å²) in [5.74, 6) is -0.754. The lowest BCUT2D eigenvalue weighted by Crippen LogP contribution is -2.42. The number of methoxy groups -OCH3 is 1. The van der Waals surface area contributed by atoms with Crippen molar-refractivity contribution in [3.63, 3.8) is 0 Å². The molecule has 4 nitrogen and oxygen atoms in total. The van der Waals surface area contributed by atoms with Gasteiger partial charge in [0, 0.05) is 5.02 Å². The molecule has 1 aromatic carbocycles. The topological polar surface area (TPSA) is 58.6 Å². The Hall–Kier alpha value is -0.680. The zero-order valence-corrected chi connectivity index (χ0v) is 12.0. The van der Waals surface area contributed by atoms with E-state index < -0.39 is 11.6 Å². The molecule has 0 saturated heterocycles. The highest BCUT2D eigenvalue weighted by molar-refractivity contribution is 6.41. The van der Waals surface area contributed by atoms with Gasteiger partial charge in [-0.05, 0) is 19.1 Å². The number of nitrogens with one attached hydrogen (secondary N) is 1. The average Bonchev–Trinajstić information content (AvgIpc) is 2.26. The van der Waals surface area contributed by atoms with Gasteiger partial charge in [0.05, 0.1) is 29.4 Å². The number of ether oxygens (including phenoxy) is 1. The van der Waals surface area contributed by atoms with Crippen molar-refractivity contribution < 1.29 is 14.6 Å². The number of carbonyl (C=O) groups is 1. The molecule has 18 heavy (non-hydrogen) atoms. The minimum Gasteiger partial charge on any atom is -0.467 e. The predicted molar refractivity (Wildman–Crippen MR) is 72.6 cm³/mol. The fourth-order valence-corrected chi connectivity index (χ4v) is 2.21. The van der Waals surface area contributed by atoms with Gasteiger partial charge in [0.25, 0.3) is 0 Å². The van der Waals surface area contributed by atoms with E-state index in [0.29, 0.717) is 20.8 Å². The summed E-state index contributed by atoms with van der Waals surface area (Å²) in [6, 6.07) is 3.01. The van der Waals surface area contributed by atoms with E-state index in [9.17, 15) is 9.90 Å². The highest BCUT2D eigenvalue weighted by Crippen LogP contribution is 2.33. The van der Waals surface area contributed by atoms with Crippen LogP contribution in [0, 0.1) is 0 Å². The van der Waals surface area contributed by atoms with Crippen LogP contribution in [-0.2, 0) is 9.53 Å². The first-order chi connectivity index (χ1) is 8.27. The lowest BCUT2D eigenvalue weighted by atomic mass is 10.1. The molecule has 0 fully saturated rings. The molecule has 0 aromatic heterocycles. The van der Waals surface area contributed by atoms with Crippen molar-refractivity contribution >= 4 is 46.5 Å². The minimum absolute atomic E-state index is 0.0965. The monoisotopic (exact) mass is 311 g/mol. The van der Waals surface area contributed by atoms with Crippen molar-refractivity contribution in [2.24, 2.45) is 0 Å². The normalized spacial score (nSPS) is 13.9. The molecule has 0 radical (unpaired) electrons. The van der Waals surface area contributed by atoms with E-state index in [1.54, 1.807) is 0 Å². The first kappa shape index (κ1) is 15.4. The molecule has 1 unspecified atom stereocenters. The zero-order valence-electron chi connectivity index (χ0n) is 9.76. The van der Waals surface area contributed by atoms with Crippen LogP contribution in [0.1, 0.15) is 6.92 Å². The summed E-state index contributed by atoms with van der Waals surface area (Å²) in [5.41, 5.74) is -1.28. The van der Waals surface area contributed by atoms with Crippen LogP contribution >= 0.6 is 34.8 Å². The Kier molecular flexibility index (Phi) is 5.10. The molecule has 2 N–H and O–H groups in total. The van der Waals surface area contributed by atoms with Gasteiger partial charge < -0.3 is 15.2 Å². The Morgan fingerprint density at radius 1 is 1.39 bits per heavy atom. The SMILES string of the molecule is COC(=O)C(C)(O)CNc1c(Cl)cc(Cl)cc1Cl. The van der Waals surface area contributed by atoms with Gasteiger partial charge in [-0.1, -0.05) is 34.8 Å². The molecule has 0 amide bonds. The number of esters is 1. The summed E-state index contributed by atoms with van der Waals surface area (Å²) in [4.78, 5) is 11.3. The molecule has 0 spiro atoms. The van der Waals surface area contributed by atoms with Gasteiger partial charge in [-0.25, -0.2) is 4.79 Å². The second-order valence-corrected chi connectivity index (χ2v) is 5.11. The molecule has 0 aliphatic carbocycles. The third-order valence-electron chi connectivity index (χ3n) is 2.24. The van der Waals surface area contributed by atoms with E-state index in [0.717, 1.165) is 0 Å². The second-order valence-electron chi connectivity index (χ2n) is 3.86. The number of carbonyl (C=O) groups excluding carboxylic acids is 1. The zero-order chi connectivity index (χ0) is 13.9. The highest BCUT2D eigenvalue weighted by atomic mass is 35.5. The van der Waals surface area contributed by atoms with Crippen LogP contribution in [0.5, 0.6) is 0 Å². The van der Waals surface area contributed by atoms with E-state index in [4.69, 9.17) is 34.8 Å². The van der Waals surface area contributed by atoms with E-state index in [2.05, 4.69) is 10.1 Å². The highest BCUT2D eigenvalue weighted by Gasteiger charge is 2.31. The molecule has 0 bridgehead atoms. The van der Waals surface area contributed by atoms with Gasteiger partial charge in [0.15, 0.2) is 5.60 Å². The number of benzene rings is 1. The number of halogens is 3. The van der Waals surface area contributed by atoms with Crippen LogP contribution in [0.3, 0.4) is 0 Å². The predicted octanol–water partition coefficient (Wildman–Crippen LogP) is 2.98. The summed E-state index contributed by atoms with van der Waals surface area (Å²) in [6.45, 7) is 1.23. The third kappa shape index (κ3) is 3.65. The number of hydrogen-bond acceptors (Lipinski definition) is 4. The van der Waals surface area contributed by atoms with E-state index in [-0.39, 0.29) is 6.54 Å². The van der Waals surface area contributed by atoms with E-state index in [1.165, 1.54) is 26.2 Å². The van der Waals surface area contributed by atoms with Crippen molar-refractivity contribution in [2.45, 2.75) is 12.5 Å². The van der Waals surface area contributed by atoms with Crippen LogP contribution in [-0.4, -0.2) is 30.3 Å². The summed E-state index contributed by atoms with van der Waals surface area (Å²) < 4.78 is 4.47. The molecule has 7 heteroatoms. The maximum Gasteiger partial charge on any atom is 0.339 e. The lowest BCUT2D eigenvalue weighted by molar-refractivity contribution is -0.158. The quantitative estimate of drug-likeness (QED) is 0.839. The fraction of sp³-hybridized carbons (Fsp3) is 0.364. The van der Waals surface area contributed by atoms with Gasteiger partial charge >= 0.3 is 5.97 Å². The molecule has 0 aliphatic rings. The van der Waals surface area contributed by atoms with Crippen LogP contribution in [0.4, 0.5) is 5.69 Å². The fourth-order valence-electron chi connectivity index (χ4n) is 1.26. The molecule has 1 rings (SSSR count). The van der Waals surface area contributed by atoms with Crippen molar-refractivity contribution in [3.8, 4) is 0 Å². The maximum absolute atomic E-state index is 11.3. The van der Waals surface area contributed by atoms with Gasteiger partial charge in [-0.3, -0.25) is 0 Å².